The molecule has 0 bridgehead atoms. The maximum absolute atomic E-state index is 14.0. The molecule has 1 atom stereocenters. The Balaban J connectivity index is 2.44. The fourth-order valence-electron chi connectivity index (χ4n) is 1.86. The van der Waals surface area contributed by atoms with Gasteiger partial charge in [0, 0.05) is 4.47 Å². The molecule has 1 fully saturated rings. The first-order chi connectivity index (χ1) is 11.1. The van der Waals surface area contributed by atoms with E-state index in [0.717, 1.165) is 6.07 Å². The summed E-state index contributed by atoms with van der Waals surface area (Å²) >= 11 is 2.77. The number of para-hydroxylation sites is 1. The fraction of sp³-hybridized carbons (Fsp3) is 0.417. The van der Waals surface area contributed by atoms with Gasteiger partial charge in [0.2, 0.25) is 0 Å². The lowest BCUT2D eigenvalue weighted by atomic mass is 9.99. The fourth-order valence-corrected chi connectivity index (χ4v) is 2.24. The first-order valence-electron chi connectivity index (χ1n) is 6.08. The van der Waals surface area contributed by atoms with E-state index in [2.05, 4.69) is 20.7 Å². The number of halogens is 10. The molecule has 1 heterocycles. The van der Waals surface area contributed by atoms with Gasteiger partial charge in [0.1, 0.15) is 0 Å². The van der Waals surface area contributed by atoms with E-state index in [0.29, 0.717) is 0 Å². The number of hydrogen-bond donors (Lipinski definition) is 1. The topological polar surface area (TPSA) is 38.3 Å². The highest BCUT2D eigenvalue weighted by Gasteiger charge is 2.96. The molecule has 0 saturated carbocycles. The van der Waals surface area contributed by atoms with Gasteiger partial charge in [-0.1, -0.05) is 12.1 Å². The lowest BCUT2D eigenvalue weighted by molar-refractivity contribution is -0.366. The molecular weight excluding hydrogens is 441 g/mol. The maximum Gasteiger partial charge on any atom is 0.428 e. The van der Waals surface area contributed by atoms with E-state index in [1.165, 1.54) is 23.5 Å². The molecular formula is C12H5BrF9NO2. The van der Waals surface area contributed by atoms with E-state index in [4.69, 9.17) is 0 Å². The molecule has 1 aliphatic rings. The lowest BCUT2D eigenvalue weighted by Crippen LogP contribution is -2.63. The first-order valence-corrected chi connectivity index (χ1v) is 6.87. The van der Waals surface area contributed by atoms with Crippen molar-refractivity contribution in [1.82, 2.24) is 0 Å². The largest absolute Gasteiger partial charge is 0.428 e. The van der Waals surface area contributed by atoms with Crippen molar-refractivity contribution in [2.45, 2.75) is 29.7 Å². The smallest absolute Gasteiger partial charge is 0.320 e. The van der Waals surface area contributed by atoms with Crippen molar-refractivity contribution in [3.8, 4) is 0 Å². The van der Waals surface area contributed by atoms with E-state index in [9.17, 15) is 44.3 Å². The molecule has 0 radical (unpaired) electrons. The Bertz CT molecular complexity index is 712. The van der Waals surface area contributed by atoms with Gasteiger partial charge >= 0.3 is 35.6 Å². The third kappa shape index (κ3) is 2.50. The number of rotatable bonds is 3. The molecule has 2 rings (SSSR count). The van der Waals surface area contributed by atoms with Crippen molar-refractivity contribution >= 4 is 27.5 Å². The number of carbonyl (C=O) groups is 1. The maximum atomic E-state index is 14.0. The van der Waals surface area contributed by atoms with Gasteiger partial charge in [-0.3, -0.25) is 9.53 Å². The minimum Gasteiger partial charge on any atom is -0.320 e. The predicted molar refractivity (Wildman–Crippen MR) is 67.5 cm³/mol. The van der Waals surface area contributed by atoms with Gasteiger partial charge in [0.05, 0.1) is 5.69 Å². The number of amides is 1. The molecule has 1 aromatic rings. The highest BCUT2D eigenvalue weighted by molar-refractivity contribution is 9.10. The van der Waals surface area contributed by atoms with Crippen LogP contribution in [0, 0.1) is 0 Å². The normalized spacial score (nSPS) is 27.1. The van der Waals surface area contributed by atoms with E-state index in [-0.39, 0.29) is 4.47 Å². The summed E-state index contributed by atoms with van der Waals surface area (Å²) in [5, 5.41) is 1.27. The summed E-state index contributed by atoms with van der Waals surface area (Å²) in [5.74, 6) is -28.6. The summed E-state index contributed by atoms with van der Waals surface area (Å²) < 4.78 is 122. The third-order valence-corrected chi connectivity index (χ3v) is 3.94. The van der Waals surface area contributed by atoms with Crippen LogP contribution in [0.25, 0.3) is 0 Å². The van der Waals surface area contributed by atoms with E-state index < -0.39 is 41.3 Å². The Morgan fingerprint density at radius 1 is 1.00 bits per heavy atom. The van der Waals surface area contributed by atoms with E-state index in [1.54, 1.807) is 0 Å². The van der Waals surface area contributed by atoms with Crippen LogP contribution in [0.2, 0.25) is 0 Å². The summed E-state index contributed by atoms with van der Waals surface area (Å²) in [7, 11) is 0. The molecule has 0 spiro atoms. The summed E-state index contributed by atoms with van der Waals surface area (Å²) in [6, 6.07) is 4.69. The van der Waals surface area contributed by atoms with Crippen molar-refractivity contribution in [2.24, 2.45) is 0 Å². The van der Waals surface area contributed by atoms with Crippen molar-refractivity contribution < 1.29 is 49.0 Å². The Kier molecular flexibility index (Phi) is 4.36. The van der Waals surface area contributed by atoms with Crippen LogP contribution < -0.4 is 5.32 Å². The molecule has 0 aromatic heterocycles. The average molecular weight is 446 g/mol. The van der Waals surface area contributed by atoms with Crippen LogP contribution in [-0.4, -0.2) is 35.6 Å². The third-order valence-electron chi connectivity index (χ3n) is 3.24. The average Bonchev–Trinajstić information content (AvgIpc) is 2.57. The van der Waals surface area contributed by atoms with Gasteiger partial charge in [-0.25, -0.2) is 0 Å². The number of carbonyl (C=O) groups excluding carboxylic acids is 1. The van der Waals surface area contributed by atoms with E-state index >= 15 is 0 Å². The zero-order valence-electron chi connectivity index (χ0n) is 11.4. The van der Waals surface area contributed by atoms with Crippen LogP contribution in [0.1, 0.15) is 0 Å². The molecule has 0 aliphatic carbocycles. The highest BCUT2D eigenvalue weighted by Crippen LogP contribution is 2.64. The van der Waals surface area contributed by atoms with Gasteiger partial charge in [0.25, 0.3) is 0 Å². The second-order valence-corrected chi connectivity index (χ2v) is 5.73. The van der Waals surface area contributed by atoms with Gasteiger partial charge < -0.3 is 5.32 Å². The van der Waals surface area contributed by atoms with Gasteiger partial charge in [-0.2, -0.15) is 39.5 Å². The van der Waals surface area contributed by atoms with Crippen LogP contribution in [-0.2, 0) is 9.53 Å². The first kappa shape index (κ1) is 19.8. The van der Waals surface area contributed by atoms with Crippen molar-refractivity contribution in [1.29, 1.82) is 0 Å². The molecule has 25 heavy (non-hydrogen) atoms. The second-order valence-electron chi connectivity index (χ2n) is 4.87. The summed E-state index contributed by atoms with van der Waals surface area (Å²) in [5.41, 5.74) is -0.490. The minimum absolute atomic E-state index is 0.0678. The molecule has 3 nitrogen and oxygen atoms in total. The van der Waals surface area contributed by atoms with Crippen molar-refractivity contribution in [3.05, 3.63) is 28.7 Å². The summed E-state index contributed by atoms with van der Waals surface area (Å²) in [6.07, 6.45) is -6.28. The van der Waals surface area contributed by atoms with Gasteiger partial charge in [-0.15, -0.1) is 0 Å². The van der Waals surface area contributed by atoms with Crippen molar-refractivity contribution in [3.63, 3.8) is 0 Å². The quantitative estimate of drug-likeness (QED) is 0.691. The SMILES string of the molecule is O=C(Nc1ccccc1Br)C(F)(F)C1(F)OC(F)(F)C(F)(F)C1(F)F. The number of ether oxygens (including phenoxy) is 1. The summed E-state index contributed by atoms with van der Waals surface area (Å²) in [4.78, 5) is 11.5. The number of benzene rings is 1. The number of alkyl halides is 9. The Hall–Kier alpha value is -1.50. The Morgan fingerprint density at radius 3 is 1.96 bits per heavy atom. The number of nitrogens with one attached hydrogen (secondary N) is 1. The van der Waals surface area contributed by atoms with Crippen LogP contribution in [0.5, 0.6) is 0 Å². The molecule has 1 aromatic carbocycles. The molecule has 1 saturated heterocycles. The van der Waals surface area contributed by atoms with Crippen LogP contribution in [0.3, 0.4) is 0 Å². The van der Waals surface area contributed by atoms with Crippen LogP contribution in [0.4, 0.5) is 45.2 Å². The van der Waals surface area contributed by atoms with Gasteiger partial charge in [0.15, 0.2) is 0 Å². The molecule has 13 heteroatoms. The summed E-state index contributed by atoms with van der Waals surface area (Å²) in [6.45, 7) is 0. The lowest BCUT2D eigenvalue weighted by Gasteiger charge is -2.31. The molecule has 1 aliphatic heterocycles. The molecule has 1 amide bonds. The standard InChI is InChI=1S/C12H5BrF9NO2/c13-5-3-1-2-4-6(5)23-7(24)8(14,15)11(20)9(16,17)10(18,19)12(21,22)25-11/h1-4H,(H,23,24). The zero-order valence-corrected chi connectivity index (χ0v) is 13.0. The minimum atomic E-state index is -6.71. The molecule has 1 N–H and O–H groups in total. The van der Waals surface area contributed by atoms with Crippen LogP contribution in [0.15, 0.2) is 28.7 Å². The number of hydrogen-bond acceptors (Lipinski definition) is 2. The monoisotopic (exact) mass is 445 g/mol. The molecule has 1 unspecified atom stereocenters. The predicted octanol–water partition coefficient (Wildman–Crippen LogP) is 4.58. The molecule has 140 valence electrons. The van der Waals surface area contributed by atoms with Gasteiger partial charge in [-0.05, 0) is 28.1 Å². The Morgan fingerprint density at radius 2 is 1.52 bits per heavy atom. The number of anilines is 1. The second kappa shape index (κ2) is 5.50. The highest BCUT2D eigenvalue weighted by atomic mass is 79.9. The van der Waals surface area contributed by atoms with Crippen LogP contribution >= 0.6 is 15.9 Å². The Labute approximate surface area is 141 Å². The van der Waals surface area contributed by atoms with E-state index in [1.807, 2.05) is 0 Å². The zero-order chi connectivity index (χ0) is 19.5. The van der Waals surface area contributed by atoms with Crippen molar-refractivity contribution in [2.75, 3.05) is 5.32 Å².